The van der Waals surface area contributed by atoms with E-state index >= 15 is 0 Å². The minimum atomic E-state index is -0.724. The molecule has 8 heteroatoms. The fourth-order valence-electron chi connectivity index (χ4n) is 3.03. The Kier molecular flexibility index (Phi) is 9.34. The fraction of sp³-hybridized carbons (Fsp3) is 0.591. The molecule has 0 radical (unpaired) electrons. The molecule has 0 N–H and O–H groups in total. The lowest BCUT2D eigenvalue weighted by Gasteiger charge is -2.28. The molecule has 1 fully saturated rings. The second kappa shape index (κ2) is 10.8. The number of benzene rings is 1. The maximum Gasteiger partial charge on any atom is 0.327 e. The first-order valence-electron chi connectivity index (χ1n) is 9.93. The maximum atomic E-state index is 12.2. The van der Waals surface area contributed by atoms with Gasteiger partial charge in [0, 0.05) is 14.1 Å². The number of hydrogen-bond donors (Lipinski definition) is 0. The average Bonchev–Trinajstić information content (AvgIpc) is 2.84. The Balaban J connectivity index is 0.000000424. The summed E-state index contributed by atoms with van der Waals surface area (Å²) < 4.78 is 9.31. The number of rotatable bonds is 7. The third-order valence-electron chi connectivity index (χ3n) is 5.13. The molecule has 3 amide bonds. The number of hydrogen-bond acceptors (Lipinski definition) is 5. The highest BCUT2D eigenvalue weighted by Crippen LogP contribution is 2.30. The van der Waals surface area contributed by atoms with E-state index in [-0.39, 0.29) is 17.9 Å². The van der Waals surface area contributed by atoms with Crippen LogP contribution in [0.3, 0.4) is 0 Å². The van der Waals surface area contributed by atoms with Crippen molar-refractivity contribution in [2.45, 2.75) is 56.8 Å². The van der Waals surface area contributed by atoms with Crippen LogP contribution in [-0.4, -0.2) is 65.4 Å². The van der Waals surface area contributed by atoms with Gasteiger partial charge in [-0.15, -0.1) is 0 Å². The highest BCUT2D eigenvalue weighted by atomic mass is 79.9. The molecular formula is C22H33BrN2O5. The van der Waals surface area contributed by atoms with E-state index in [1.54, 1.807) is 39.8 Å². The molecule has 0 saturated carbocycles. The lowest BCUT2D eigenvalue weighted by molar-refractivity contribution is -0.144. The van der Waals surface area contributed by atoms with Crippen LogP contribution >= 0.6 is 15.9 Å². The molecule has 1 aromatic rings. The molecule has 1 unspecified atom stereocenters. The number of halogens is 1. The molecule has 0 spiro atoms. The number of carbonyl (C=O) groups is 3. The Morgan fingerprint density at radius 1 is 1.17 bits per heavy atom. The molecule has 168 valence electrons. The van der Waals surface area contributed by atoms with Gasteiger partial charge in [0.1, 0.15) is 15.6 Å². The van der Waals surface area contributed by atoms with E-state index in [4.69, 9.17) is 9.47 Å². The summed E-state index contributed by atoms with van der Waals surface area (Å²) in [7, 11) is 4.87. The number of amides is 3. The first-order chi connectivity index (χ1) is 13.9. The molecule has 0 aromatic heterocycles. The zero-order chi connectivity index (χ0) is 23.1. The summed E-state index contributed by atoms with van der Waals surface area (Å²) in [4.78, 5) is 37.6. The van der Waals surface area contributed by atoms with Crippen LogP contribution in [0, 0.1) is 0 Å². The van der Waals surface area contributed by atoms with Crippen LogP contribution in [-0.2, 0) is 20.7 Å². The van der Waals surface area contributed by atoms with Gasteiger partial charge in [0.2, 0.25) is 0 Å². The van der Waals surface area contributed by atoms with Gasteiger partial charge in [-0.2, -0.15) is 0 Å². The summed E-state index contributed by atoms with van der Waals surface area (Å²) in [6.07, 6.45) is 2.38. The van der Waals surface area contributed by atoms with E-state index in [0.29, 0.717) is 13.0 Å². The zero-order valence-electron chi connectivity index (χ0n) is 19.0. The van der Waals surface area contributed by atoms with Crippen LogP contribution in [0.15, 0.2) is 24.3 Å². The van der Waals surface area contributed by atoms with Gasteiger partial charge in [0.15, 0.2) is 0 Å². The minimum absolute atomic E-state index is 0.121. The first kappa shape index (κ1) is 25.9. The second-order valence-electron chi connectivity index (χ2n) is 7.87. The highest BCUT2D eigenvalue weighted by Gasteiger charge is 2.50. The largest absolute Gasteiger partial charge is 0.497 e. The molecule has 1 aliphatic rings. The topological polar surface area (TPSA) is 76.1 Å². The monoisotopic (exact) mass is 484 g/mol. The molecular weight excluding hydrogens is 452 g/mol. The number of carbonyl (C=O) groups excluding carboxylic acids is 3. The van der Waals surface area contributed by atoms with E-state index in [1.165, 1.54) is 17.5 Å². The van der Waals surface area contributed by atoms with Crippen molar-refractivity contribution in [1.29, 1.82) is 0 Å². The molecule has 1 heterocycles. The molecule has 1 aliphatic heterocycles. The summed E-state index contributed by atoms with van der Waals surface area (Å²) in [6.45, 7) is 7.57. The average molecular weight is 485 g/mol. The van der Waals surface area contributed by atoms with E-state index in [0.717, 1.165) is 18.6 Å². The van der Waals surface area contributed by atoms with E-state index < -0.39 is 9.86 Å². The van der Waals surface area contributed by atoms with Crippen molar-refractivity contribution >= 4 is 33.8 Å². The number of methoxy groups -OCH3 is 1. The molecule has 7 nitrogen and oxygen atoms in total. The van der Waals surface area contributed by atoms with Crippen molar-refractivity contribution in [2.24, 2.45) is 0 Å². The van der Waals surface area contributed by atoms with Crippen molar-refractivity contribution in [2.75, 3.05) is 27.8 Å². The van der Waals surface area contributed by atoms with Gasteiger partial charge in [-0.1, -0.05) is 28.1 Å². The lowest BCUT2D eigenvalue weighted by Crippen LogP contribution is -2.44. The van der Waals surface area contributed by atoms with Crippen LogP contribution in [0.2, 0.25) is 0 Å². The normalized spacial score (nSPS) is 18.8. The fourth-order valence-corrected chi connectivity index (χ4v) is 3.15. The highest BCUT2D eigenvalue weighted by molar-refractivity contribution is 9.10. The van der Waals surface area contributed by atoms with E-state index in [1.807, 2.05) is 31.2 Å². The van der Waals surface area contributed by atoms with Crippen molar-refractivity contribution in [3.63, 3.8) is 0 Å². The number of esters is 1. The third-order valence-corrected chi connectivity index (χ3v) is 5.45. The number of nitrogens with zero attached hydrogens (tertiary/aromatic N) is 2. The summed E-state index contributed by atoms with van der Waals surface area (Å²) in [5, 5.41) is 0. The number of ether oxygens (including phenoxy) is 2. The first-order valence-corrected chi connectivity index (χ1v) is 10.7. The second-order valence-corrected chi connectivity index (χ2v) is 9.86. The Hall–Kier alpha value is -2.09. The van der Waals surface area contributed by atoms with E-state index in [9.17, 15) is 14.4 Å². The lowest BCUT2D eigenvalue weighted by atomic mass is 9.92. The predicted molar refractivity (Wildman–Crippen MR) is 120 cm³/mol. The van der Waals surface area contributed by atoms with Gasteiger partial charge in [-0.05, 0) is 64.7 Å². The van der Waals surface area contributed by atoms with Crippen LogP contribution < -0.4 is 4.74 Å². The van der Waals surface area contributed by atoms with Gasteiger partial charge < -0.3 is 14.4 Å². The number of imide groups is 1. The molecule has 1 atom stereocenters. The molecule has 2 rings (SSSR count). The van der Waals surface area contributed by atoms with Gasteiger partial charge in [0.25, 0.3) is 5.91 Å². The summed E-state index contributed by atoms with van der Waals surface area (Å²) >= 11 is 3.17. The number of alkyl halides is 1. The molecule has 1 aromatic carbocycles. The van der Waals surface area contributed by atoms with Crippen molar-refractivity contribution < 1.29 is 23.9 Å². The number of urea groups is 1. The number of aryl methyl sites for hydroxylation is 1. The minimum Gasteiger partial charge on any atom is -0.497 e. The molecule has 30 heavy (non-hydrogen) atoms. The standard InChI is InChI=1S/C16H22N2O3.C6H11BrO2/c1-16(14(19)17(2)15(20)18(16)3)11-5-6-12-7-9-13(21-4)10-8-12;1-4-9-5(8)6(2,3)7/h7-10H,5-6,11H2,1-4H3;4H2,1-3H3. The molecule has 0 bridgehead atoms. The van der Waals surface area contributed by atoms with E-state index in [2.05, 4.69) is 15.9 Å². The van der Waals surface area contributed by atoms with Crippen LogP contribution in [0.25, 0.3) is 0 Å². The van der Waals surface area contributed by atoms with Crippen LogP contribution in [0.5, 0.6) is 5.75 Å². The smallest absolute Gasteiger partial charge is 0.327 e. The quantitative estimate of drug-likeness (QED) is 0.331. The van der Waals surface area contributed by atoms with Gasteiger partial charge in [-0.25, -0.2) is 4.79 Å². The predicted octanol–water partition coefficient (Wildman–Crippen LogP) is 4.02. The van der Waals surface area contributed by atoms with Crippen molar-refractivity contribution in [3.8, 4) is 5.75 Å². The SMILES string of the molecule is CCOC(=O)C(C)(C)Br.COc1ccc(CCCC2(C)C(=O)N(C)C(=O)N2C)cc1. The van der Waals surface area contributed by atoms with Gasteiger partial charge in [0.05, 0.1) is 13.7 Å². The number of likely N-dealkylation sites (N-methyl/N-ethyl adjacent to an activating group) is 2. The van der Waals surface area contributed by atoms with Crippen molar-refractivity contribution in [1.82, 2.24) is 9.80 Å². The Labute approximate surface area is 187 Å². The molecule has 0 aliphatic carbocycles. The Morgan fingerprint density at radius 2 is 1.73 bits per heavy atom. The maximum absolute atomic E-state index is 12.2. The van der Waals surface area contributed by atoms with Crippen LogP contribution in [0.1, 0.15) is 46.1 Å². The zero-order valence-corrected chi connectivity index (χ0v) is 20.5. The van der Waals surface area contributed by atoms with Gasteiger partial charge in [-0.3, -0.25) is 14.5 Å². The van der Waals surface area contributed by atoms with Crippen LogP contribution in [0.4, 0.5) is 4.79 Å². The summed E-state index contributed by atoms with van der Waals surface area (Å²) in [5.74, 6) is 0.498. The Morgan fingerprint density at radius 3 is 2.10 bits per heavy atom. The van der Waals surface area contributed by atoms with Crippen molar-refractivity contribution in [3.05, 3.63) is 29.8 Å². The Bertz CT molecular complexity index is 745. The van der Waals surface area contributed by atoms with Gasteiger partial charge >= 0.3 is 12.0 Å². The third kappa shape index (κ3) is 6.45. The molecule has 1 saturated heterocycles. The summed E-state index contributed by atoms with van der Waals surface area (Å²) in [5.41, 5.74) is 0.477. The summed E-state index contributed by atoms with van der Waals surface area (Å²) in [6, 6.07) is 7.69.